The molecule has 0 spiro atoms. The van der Waals surface area contributed by atoms with Gasteiger partial charge in [0.05, 0.1) is 10.1 Å². The van der Waals surface area contributed by atoms with Crippen LogP contribution < -0.4 is 4.74 Å². The molecule has 108 valence electrons. The highest BCUT2D eigenvalue weighted by Crippen LogP contribution is 2.52. The Morgan fingerprint density at radius 2 is 1.23 bits per heavy atom. The number of benzene rings is 3. The Hall–Kier alpha value is -2.19. The lowest BCUT2D eigenvalue weighted by Gasteiger charge is -2.33. The smallest absolute Gasteiger partial charge is 0.140 e. The minimum atomic E-state index is 0.0310. The van der Waals surface area contributed by atoms with Crippen LogP contribution in [0.2, 0.25) is 0 Å². The van der Waals surface area contributed by atoms with Gasteiger partial charge < -0.3 is 4.74 Å². The molecule has 0 amide bonds. The predicted molar refractivity (Wildman–Crippen MR) is 91.3 cm³/mol. The zero-order valence-electron chi connectivity index (χ0n) is 12.1. The Balaban J connectivity index is 1.79. The van der Waals surface area contributed by atoms with Crippen LogP contribution in [0, 0.1) is 0 Å². The fraction of sp³-hybridized carbons (Fsp3) is 0.100. The lowest BCUT2D eigenvalue weighted by molar-refractivity contribution is 0.191. The Labute approximate surface area is 135 Å². The monoisotopic (exact) mass is 304 g/mol. The molecule has 1 aliphatic rings. The standard InChI is InChI=1S/C20H16OS/c1-3-9-15(10-4-1)19-20(16-11-5-2-6-12-16)22-18-14-8-7-13-17(18)21-19/h1-14,19-20H/t19-,20+/m0/s1. The second-order valence-corrected chi connectivity index (χ2v) is 6.53. The van der Waals surface area contributed by atoms with Gasteiger partial charge in [0.15, 0.2) is 0 Å². The molecule has 4 rings (SSSR count). The summed E-state index contributed by atoms with van der Waals surface area (Å²) < 4.78 is 6.36. The topological polar surface area (TPSA) is 9.23 Å². The highest BCUT2D eigenvalue weighted by atomic mass is 32.2. The summed E-state index contributed by atoms with van der Waals surface area (Å²) in [6, 6.07) is 29.4. The summed E-state index contributed by atoms with van der Waals surface area (Å²) in [6.45, 7) is 0. The summed E-state index contributed by atoms with van der Waals surface area (Å²) in [6.07, 6.45) is 0.0310. The molecule has 1 aliphatic heterocycles. The molecule has 0 saturated heterocycles. The van der Waals surface area contributed by atoms with Crippen LogP contribution in [-0.4, -0.2) is 0 Å². The van der Waals surface area contributed by atoms with Gasteiger partial charge in [-0.25, -0.2) is 0 Å². The summed E-state index contributed by atoms with van der Waals surface area (Å²) in [5.74, 6) is 0.980. The van der Waals surface area contributed by atoms with Gasteiger partial charge in [-0.1, -0.05) is 72.8 Å². The van der Waals surface area contributed by atoms with Crippen LogP contribution in [0.1, 0.15) is 22.5 Å². The van der Waals surface area contributed by atoms with E-state index in [2.05, 4.69) is 72.8 Å². The van der Waals surface area contributed by atoms with Crippen molar-refractivity contribution in [3.05, 3.63) is 96.1 Å². The second-order valence-electron chi connectivity index (χ2n) is 5.35. The molecule has 0 saturated carbocycles. The van der Waals surface area contributed by atoms with Crippen LogP contribution in [0.15, 0.2) is 89.8 Å². The van der Waals surface area contributed by atoms with Crippen LogP contribution in [0.25, 0.3) is 0 Å². The van der Waals surface area contributed by atoms with E-state index in [1.54, 1.807) is 0 Å². The van der Waals surface area contributed by atoms with Crippen LogP contribution in [0.4, 0.5) is 0 Å². The summed E-state index contributed by atoms with van der Waals surface area (Å²) in [7, 11) is 0. The van der Waals surface area contributed by atoms with Crippen molar-refractivity contribution in [3.8, 4) is 5.75 Å². The number of hydrogen-bond acceptors (Lipinski definition) is 2. The molecule has 0 aromatic heterocycles. The van der Waals surface area contributed by atoms with Gasteiger partial charge in [-0.15, -0.1) is 11.8 Å². The van der Waals surface area contributed by atoms with E-state index in [1.807, 2.05) is 23.9 Å². The molecule has 2 heteroatoms. The van der Waals surface area contributed by atoms with Crippen molar-refractivity contribution in [2.24, 2.45) is 0 Å². The molecule has 1 heterocycles. The maximum absolute atomic E-state index is 6.36. The lowest BCUT2D eigenvalue weighted by atomic mass is 10.0. The van der Waals surface area contributed by atoms with Crippen molar-refractivity contribution < 1.29 is 4.74 Å². The molecule has 0 fully saturated rings. The van der Waals surface area contributed by atoms with E-state index in [1.165, 1.54) is 16.0 Å². The number of thioether (sulfide) groups is 1. The Kier molecular flexibility index (Phi) is 3.61. The van der Waals surface area contributed by atoms with Crippen molar-refractivity contribution in [3.63, 3.8) is 0 Å². The number of para-hydroxylation sites is 1. The minimum Gasteiger partial charge on any atom is -0.483 e. The summed E-state index contributed by atoms with van der Waals surface area (Å²) >= 11 is 1.89. The third-order valence-corrected chi connectivity index (χ3v) is 5.25. The van der Waals surface area contributed by atoms with Gasteiger partial charge in [0.25, 0.3) is 0 Å². The van der Waals surface area contributed by atoms with Gasteiger partial charge in [0, 0.05) is 0 Å². The molecule has 3 aromatic rings. The maximum Gasteiger partial charge on any atom is 0.140 e. The van der Waals surface area contributed by atoms with Crippen molar-refractivity contribution in [1.29, 1.82) is 0 Å². The van der Waals surface area contributed by atoms with Crippen molar-refractivity contribution in [2.45, 2.75) is 16.2 Å². The number of ether oxygens (including phenoxy) is 1. The quantitative estimate of drug-likeness (QED) is 0.604. The highest BCUT2D eigenvalue weighted by molar-refractivity contribution is 7.99. The van der Waals surface area contributed by atoms with E-state index in [-0.39, 0.29) is 11.4 Å². The molecule has 0 aliphatic carbocycles. The van der Waals surface area contributed by atoms with Gasteiger partial charge in [-0.3, -0.25) is 0 Å². The zero-order chi connectivity index (χ0) is 14.8. The maximum atomic E-state index is 6.36. The second kappa shape index (κ2) is 5.90. The largest absolute Gasteiger partial charge is 0.483 e. The molecule has 0 radical (unpaired) electrons. The zero-order valence-corrected chi connectivity index (χ0v) is 12.9. The molecule has 0 bridgehead atoms. The van der Waals surface area contributed by atoms with Gasteiger partial charge in [0.2, 0.25) is 0 Å². The highest BCUT2D eigenvalue weighted by Gasteiger charge is 2.32. The molecular formula is C20H16OS. The molecule has 2 atom stereocenters. The fourth-order valence-corrected chi connectivity index (χ4v) is 4.11. The van der Waals surface area contributed by atoms with E-state index >= 15 is 0 Å². The summed E-state index contributed by atoms with van der Waals surface area (Å²) in [4.78, 5) is 1.21. The molecule has 0 N–H and O–H groups in total. The average Bonchev–Trinajstić information content (AvgIpc) is 2.62. The van der Waals surface area contributed by atoms with E-state index < -0.39 is 0 Å². The van der Waals surface area contributed by atoms with Crippen LogP contribution >= 0.6 is 11.8 Å². The normalized spacial score (nSPS) is 20.0. The SMILES string of the molecule is c1ccc([C@H]2Sc3ccccc3O[C@H]2c2ccccc2)cc1. The van der Waals surface area contributed by atoms with Gasteiger partial charge >= 0.3 is 0 Å². The third-order valence-electron chi connectivity index (χ3n) is 3.89. The van der Waals surface area contributed by atoms with E-state index in [0.717, 1.165) is 5.75 Å². The number of rotatable bonds is 2. The van der Waals surface area contributed by atoms with Crippen molar-refractivity contribution in [2.75, 3.05) is 0 Å². The minimum absolute atomic E-state index is 0.0310. The first-order valence-corrected chi connectivity index (χ1v) is 8.32. The van der Waals surface area contributed by atoms with Crippen molar-refractivity contribution >= 4 is 11.8 Å². The number of fused-ring (bicyclic) bond motifs is 1. The molecule has 1 nitrogen and oxygen atoms in total. The van der Waals surface area contributed by atoms with E-state index in [0.29, 0.717) is 0 Å². The first kappa shape index (κ1) is 13.5. The van der Waals surface area contributed by atoms with Gasteiger partial charge in [0.1, 0.15) is 11.9 Å². The van der Waals surface area contributed by atoms with Crippen LogP contribution in [0.5, 0.6) is 5.75 Å². The van der Waals surface area contributed by atoms with Crippen LogP contribution in [0.3, 0.4) is 0 Å². The Bertz CT molecular complexity index is 688. The average molecular weight is 304 g/mol. The first-order chi connectivity index (χ1) is 10.9. The summed E-state index contributed by atoms with van der Waals surface area (Å²) in [5, 5.41) is 0.262. The molecule has 22 heavy (non-hydrogen) atoms. The molecule has 3 aromatic carbocycles. The number of hydrogen-bond donors (Lipinski definition) is 0. The van der Waals surface area contributed by atoms with Crippen molar-refractivity contribution in [1.82, 2.24) is 0 Å². The molecular weight excluding hydrogens is 288 g/mol. The van der Waals surface area contributed by atoms with Crippen LogP contribution in [-0.2, 0) is 0 Å². The fourth-order valence-electron chi connectivity index (χ4n) is 2.81. The Morgan fingerprint density at radius 3 is 1.95 bits per heavy atom. The molecule has 0 unspecified atom stereocenters. The van der Waals surface area contributed by atoms with E-state index in [9.17, 15) is 0 Å². The first-order valence-electron chi connectivity index (χ1n) is 7.44. The van der Waals surface area contributed by atoms with E-state index in [4.69, 9.17) is 4.74 Å². The van der Waals surface area contributed by atoms with Gasteiger partial charge in [-0.2, -0.15) is 0 Å². The van der Waals surface area contributed by atoms with Gasteiger partial charge in [-0.05, 0) is 23.3 Å². The summed E-state index contributed by atoms with van der Waals surface area (Å²) in [5.41, 5.74) is 2.52. The lowest BCUT2D eigenvalue weighted by Crippen LogP contribution is -2.19. The predicted octanol–water partition coefficient (Wildman–Crippen LogP) is 5.65. The Morgan fingerprint density at radius 1 is 0.636 bits per heavy atom. The third kappa shape index (κ3) is 2.51.